The van der Waals surface area contributed by atoms with Gasteiger partial charge in [0.05, 0.1) is 26.5 Å². The van der Waals surface area contributed by atoms with E-state index in [0.717, 1.165) is 31.6 Å². The fraction of sp³-hybridized carbons (Fsp3) is 0.0769. The average Bonchev–Trinajstić information content (AvgIpc) is 2.84. The number of nitrogen functional groups attached to an aromatic ring is 2. The largest absolute Gasteiger partial charge is 0.497 e. The van der Waals surface area contributed by atoms with Gasteiger partial charge < -0.3 is 16.2 Å². The molecule has 92 valence electrons. The van der Waals surface area contributed by atoms with Crippen molar-refractivity contribution >= 4 is 42.1 Å². The molecule has 2 heterocycles. The third-order valence-electron chi connectivity index (χ3n) is 2.79. The number of benzene rings is 1. The molecule has 0 saturated carbocycles. The zero-order valence-corrected chi connectivity index (χ0v) is 11.4. The predicted octanol–water partition coefficient (Wildman–Crippen LogP) is 3.80. The minimum absolute atomic E-state index is 0.825. The highest BCUT2D eigenvalue weighted by atomic mass is 32.1. The summed E-state index contributed by atoms with van der Waals surface area (Å²) >= 11 is 3.16. The van der Waals surface area contributed by atoms with Gasteiger partial charge in [-0.25, -0.2) is 0 Å². The van der Waals surface area contributed by atoms with E-state index < -0.39 is 0 Å². The minimum atomic E-state index is 0.825. The molecule has 0 aliphatic heterocycles. The first-order valence-corrected chi connectivity index (χ1v) is 7.04. The zero-order chi connectivity index (χ0) is 12.7. The van der Waals surface area contributed by atoms with Gasteiger partial charge in [0.15, 0.2) is 0 Å². The molecule has 0 aliphatic rings. The Labute approximate surface area is 113 Å². The summed E-state index contributed by atoms with van der Waals surface area (Å²) in [5.74, 6) is 0.842. The van der Waals surface area contributed by atoms with E-state index in [-0.39, 0.29) is 0 Å². The SMILES string of the molecule is COc1ccc(-c2c(N)sc3cc(N)sc23)cc1. The Morgan fingerprint density at radius 2 is 1.78 bits per heavy atom. The van der Waals surface area contributed by atoms with Gasteiger partial charge in [-0.05, 0) is 23.8 Å². The lowest BCUT2D eigenvalue weighted by Crippen LogP contribution is -1.85. The Bertz CT molecular complexity index is 698. The van der Waals surface area contributed by atoms with Crippen LogP contribution in [-0.2, 0) is 0 Å². The molecule has 0 spiro atoms. The standard InChI is InChI=1S/C13H12N2OS2/c1-16-8-4-2-7(3-5-8)11-12-9(17-13(11)15)6-10(14)18-12/h2-6H,14-15H2,1H3. The van der Waals surface area contributed by atoms with Crippen molar-refractivity contribution in [2.45, 2.75) is 0 Å². The first-order valence-electron chi connectivity index (χ1n) is 5.40. The molecule has 2 aromatic heterocycles. The molecular formula is C13H12N2OS2. The number of anilines is 2. The molecular weight excluding hydrogens is 264 g/mol. The summed E-state index contributed by atoms with van der Waals surface area (Å²) in [6, 6.07) is 9.90. The van der Waals surface area contributed by atoms with Crippen LogP contribution in [0, 0.1) is 0 Å². The van der Waals surface area contributed by atoms with Gasteiger partial charge in [0.25, 0.3) is 0 Å². The fourth-order valence-electron chi connectivity index (χ4n) is 1.95. The summed E-state index contributed by atoms with van der Waals surface area (Å²) in [4.78, 5) is 0. The van der Waals surface area contributed by atoms with E-state index in [9.17, 15) is 0 Å². The summed E-state index contributed by atoms with van der Waals surface area (Å²) in [6.07, 6.45) is 0. The van der Waals surface area contributed by atoms with Gasteiger partial charge in [0.2, 0.25) is 0 Å². The Morgan fingerprint density at radius 1 is 1.06 bits per heavy atom. The van der Waals surface area contributed by atoms with Crippen LogP contribution < -0.4 is 16.2 Å². The van der Waals surface area contributed by atoms with E-state index in [1.54, 1.807) is 29.8 Å². The number of hydrogen-bond acceptors (Lipinski definition) is 5. The number of fused-ring (bicyclic) bond motifs is 1. The summed E-state index contributed by atoms with van der Waals surface area (Å²) in [7, 11) is 1.66. The van der Waals surface area contributed by atoms with Gasteiger partial charge in [-0.1, -0.05) is 12.1 Å². The van der Waals surface area contributed by atoms with Gasteiger partial charge in [-0.3, -0.25) is 0 Å². The highest BCUT2D eigenvalue weighted by Crippen LogP contribution is 2.45. The van der Waals surface area contributed by atoms with E-state index >= 15 is 0 Å². The normalized spacial score (nSPS) is 10.9. The summed E-state index contributed by atoms with van der Waals surface area (Å²) < 4.78 is 7.48. The molecule has 0 amide bonds. The van der Waals surface area contributed by atoms with E-state index in [4.69, 9.17) is 16.2 Å². The first-order chi connectivity index (χ1) is 8.69. The van der Waals surface area contributed by atoms with E-state index in [1.165, 1.54) is 4.70 Å². The smallest absolute Gasteiger partial charge is 0.118 e. The Kier molecular flexibility index (Phi) is 2.65. The Morgan fingerprint density at radius 3 is 2.44 bits per heavy atom. The molecule has 18 heavy (non-hydrogen) atoms. The average molecular weight is 276 g/mol. The predicted molar refractivity (Wildman–Crippen MR) is 80.5 cm³/mol. The molecule has 0 saturated heterocycles. The van der Waals surface area contributed by atoms with Gasteiger partial charge in [0, 0.05) is 5.56 Å². The lowest BCUT2D eigenvalue weighted by Gasteiger charge is -2.03. The lowest BCUT2D eigenvalue weighted by molar-refractivity contribution is 0.415. The van der Waals surface area contributed by atoms with Crippen LogP contribution in [-0.4, -0.2) is 7.11 Å². The molecule has 0 bridgehead atoms. The van der Waals surface area contributed by atoms with Crippen LogP contribution in [0.25, 0.3) is 20.5 Å². The maximum absolute atomic E-state index is 6.10. The van der Waals surface area contributed by atoms with Crippen molar-refractivity contribution in [3.05, 3.63) is 30.3 Å². The molecule has 0 unspecified atom stereocenters. The molecule has 3 nitrogen and oxygen atoms in total. The third-order valence-corrected chi connectivity index (χ3v) is 4.87. The van der Waals surface area contributed by atoms with E-state index in [2.05, 4.69) is 0 Å². The van der Waals surface area contributed by atoms with Crippen LogP contribution in [0.5, 0.6) is 5.75 Å². The van der Waals surface area contributed by atoms with Crippen molar-refractivity contribution in [1.29, 1.82) is 0 Å². The molecule has 0 atom stereocenters. The van der Waals surface area contributed by atoms with Gasteiger partial charge in [0.1, 0.15) is 5.75 Å². The van der Waals surface area contributed by atoms with Crippen molar-refractivity contribution < 1.29 is 4.74 Å². The first kappa shape index (κ1) is 11.4. The second-order valence-corrected chi connectivity index (χ2v) is 6.08. The Hall–Kier alpha value is -1.72. The highest BCUT2D eigenvalue weighted by molar-refractivity contribution is 7.32. The number of thiophene rings is 2. The topological polar surface area (TPSA) is 61.3 Å². The molecule has 4 N–H and O–H groups in total. The van der Waals surface area contributed by atoms with Crippen molar-refractivity contribution in [2.24, 2.45) is 0 Å². The maximum atomic E-state index is 6.10. The number of nitrogens with two attached hydrogens (primary N) is 2. The molecule has 3 aromatic rings. The van der Waals surface area contributed by atoms with E-state index in [0.29, 0.717) is 0 Å². The van der Waals surface area contributed by atoms with Crippen LogP contribution in [0.2, 0.25) is 0 Å². The number of methoxy groups -OCH3 is 1. The van der Waals surface area contributed by atoms with Crippen LogP contribution in [0.3, 0.4) is 0 Å². The van der Waals surface area contributed by atoms with Crippen molar-refractivity contribution in [1.82, 2.24) is 0 Å². The van der Waals surface area contributed by atoms with Crippen LogP contribution in [0.15, 0.2) is 30.3 Å². The molecule has 5 heteroatoms. The second kappa shape index (κ2) is 4.19. The minimum Gasteiger partial charge on any atom is -0.497 e. The molecule has 0 aliphatic carbocycles. The van der Waals surface area contributed by atoms with Crippen molar-refractivity contribution in [2.75, 3.05) is 18.6 Å². The lowest BCUT2D eigenvalue weighted by atomic mass is 10.1. The molecule has 0 radical (unpaired) electrons. The molecule has 1 aromatic carbocycles. The quantitative estimate of drug-likeness (QED) is 0.748. The molecule has 3 rings (SSSR count). The van der Waals surface area contributed by atoms with Crippen LogP contribution in [0.4, 0.5) is 10.0 Å². The second-order valence-electron chi connectivity index (χ2n) is 3.91. The summed E-state index contributed by atoms with van der Waals surface area (Å²) in [5, 5.41) is 1.66. The monoisotopic (exact) mass is 276 g/mol. The maximum Gasteiger partial charge on any atom is 0.118 e. The van der Waals surface area contributed by atoms with E-state index in [1.807, 2.05) is 30.3 Å². The van der Waals surface area contributed by atoms with Crippen molar-refractivity contribution in [3.63, 3.8) is 0 Å². The number of hydrogen-bond donors (Lipinski definition) is 2. The number of ether oxygens (including phenoxy) is 1. The van der Waals surface area contributed by atoms with Crippen LogP contribution in [0.1, 0.15) is 0 Å². The fourth-order valence-corrected chi connectivity index (χ4v) is 4.19. The van der Waals surface area contributed by atoms with Crippen molar-refractivity contribution in [3.8, 4) is 16.9 Å². The highest BCUT2D eigenvalue weighted by Gasteiger charge is 2.14. The Balaban J connectivity index is 2.19. The van der Waals surface area contributed by atoms with Gasteiger partial charge >= 0.3 is 0 Å². The third kappa shape index (κ3) is 1.72. The molecule has 0 fully saturated rings. The number of rotatable bonds is 2. The zero-order valence-electron chi connectivity index (χ0n) is 9.77. The van der Waals surface area contributed by atoms with Gasteiger partial charge in [-0.2, -0.15) is 0 Å². The van der Waals surface area contributed by atoms with Gasteiger partial charge in [-0.15, -0.1) is 22.7 Å². The summed E-state index contributed by atoms with van der Waals surface area (Å²) in [6.45, 7) is 0. The van der Waals surface area contributed by atoms with Crippen LogP contribution >= 0.6 is 22.7 Å². The summed E-state index contributed by atoms with van der Waals surface area (Å²) in [5.41, 5.74) is 14.1.